The molecule has 0 unspecified atom stereocenters. The predicted octanol–water partition coefficient (Wildman–Crippen LogP) is 2.16. The first-order valence-electron chi connectivity index (χ1n) is 10.3. The summed E-state index contributed by atoms with van der Waals surface area (Å²) in [6.45, 7) is 0.772. The lowest BCUT2D eigenvalue weighted by Gasteiger charge is -2.44. The number of carbonyl (C=O) groups excluding carboxylic acids is 2. The van der Waals surface area contributed by atoms with E-state index in [1.54, 1.807) is 4.90 Å². The van der Waals surface area contributed by atoms with Gasteiger partial charge in [0.2, 0.25) is 5.43 Å². The van der Waals surface area contributed by atoms with Crippen LogP contribution in [-0.2, 0) is 13.1 Å². The summed E-state index contributed by atoms with van der Waals surface area (Å²) in [4.78, 5) is 40.2. The van der Waals surface area contributed by atoms with Crippen molar-refractivity contribution in [2.75, 3.05) is 6.54 Å². The minimum atomic E-state index is -0.949. The summed E-state index contributed by atoms with van der Waals surface area (Å²) in [6, 6.07) is 2.98. The van der Waals surface area contributed by atoms with Gasteiger partial charge >= 0.3 is 0 Å². The largest absolute Gasteiger partial charge is 0.503 e. The van der Waals surface area contributed by atoms with Crippen molar-refractivity contribution >= 4 is 11.8 Å². The molecule has 1 aliphatic carbocycles. The van der Waals surface area contributed by atoms with E-state index in [2.05, 4.69) is 5.32 Å². The van der Waals surface area contributed by atoms with Crippen LogP contribution in [0.15, 0.2) is 29.2 Å². The van der Waals surface area contributed by atoms with Gasteiger partial charge in [0.15, 0.2) is 11.4 Å². The average molecular weight is 429 g/mol. The summed E-state index contributed by atoms with van der Waals surface area (Å²) >= 11 is 0. The quantitative estimate of drug-likeness (QED) is 0.782. The van der Waals surface area contributed by atoms with Crippen molar-refractivity contribution < 1.29 is 23.5 Å². The van der Waals surface area contributed by atoms with Crippen LogP contribution in [0.25, 0.3) is 0 Å². The zero-order chi connectivity index (χ0) is 21.9. The van der Waals surface area contributed by atoms with Crippen LogP contribution in [0.2, 0.25) is 0 Å². The lowest BCUT2D eigenvalue weighted by molar-refractivity contribution is 0.0419. The van der Waals surface area contributed by atoms with E-state index in [0.29, 0.717) is 25.1 Å². The second-order valence-electron chi connectivity index (χ2n) is 8.72. The number of fused-ring (bicyclic) bond motifs is 2. The number of aromatic nitrogens is 1. The van der Waals surface area contributed by atoms with Crippen LogP contribution in [0.3, 0.4) is 0 Å². The molecule has 0 radical (unpaired) electrons. The number of aromatic hydroxyl groups is 1. The Balaban J connectivity index is 1.46. The third kappa shape index (κ3) is 3.02. The van der Waals surface area contributed by atoms with E-state index < -0.39 is 28.7 Å². The topological polar surface area (TPSA) is 91.6 Å². The van der Waals surface area contributed by atoms with Crippen molar-refractivity contribution in [3.05, 3.63) is 63.1 Å². The number of amides is 2. The molecule has 1 saturated carbocycles. The number of rotatable bonds is 3. The van der Waals surface area contributed by atoms with Crippen LogP contribution in [-0.4, -0.2) is 38.5 Å². The average Bonchev–Trinajstić information content (AvgIpc) is 2.99. The molecule has 2 aliphatic heterocycles. The van der Waals surface area contributed by atoms with E-state index in [9.17, 15) is 28.3 Å². The molecule has 2 N–H and O–H groups in total. The molecule has 2 fully saturated rings. The highest BCUT2D eigenvalue weighted by Crippen LogP contribution is 2.48. The first-order valence-corrected chi connectivity index (χ1v) is 10.3. The first kappa shape index (κ1) is 19.7. The SMILES string of the molecule is O=C(NCc1ccc(F)cc1F)c1cn2c(c(O)c1=O)C(=O)N1C[C@@H]3CCC[C@@]1(C3)C2. The van der Waals surface area contributed by atoms with Gasteiger partial charge in [0.25, 0.3) is 11.8 Å². The van der Waals surface area contributed by atoms with Crippen molar-refractivity contribution in [1.29, 1.82) is 0 Å². The first-order chi connectivity index (χ1) is 14.8. The van der Waals surface area contributed by atoms with E-state index >= 15 is 0 Å². The van der Waals surface area contributed by atoms with Crippen LogP contribution in [0, 0.1) is 17.6 Å². The molecular formula is C22H21F2N3O4. The highest BCUT2D eigenvalue weighted by molar-refractivity contribution is 5.99. The van der Waals surface area contributed by atoms with Crippen molar-refractivity contribution in [3.8, 4) is 5.75 Å². The Hall–Kier alpha value is -3.23. The lowest BCUT2D eigenvalue weighted by Crippen LogP contribution is -2.55. The summed E-state index contributed by atoms with van der Waals surface area (Å²) in [5, 5.41) is 12.9. The molecule has 2 aromatic rings. The summed E-state index contributed by atoms with van der Waals surface area (Å²) in [5.74, 6) is -3.08. The summed E-state index contributed by atoms with van der Waals surface area (Å²) < 4.78 is 28.4. The molecule has 3 heterocycles. The number of carbonyl (C=O) groups is 2. The Bertz CT molecular complexity index is 1180. The molecule has 3 aliphatic rings. The van der Waals surface area contributed by atoms with Gasteiger partial charge in [0, 0.05) is 37.5 Å². The van der Waals surface area contributed by atoms with Crippen molar-refractivity contribution in [3.63, 3.8) is 0 Å². The normalized spacial score (nSPS) is 24.0. The number of benzene rings is 1. The van der Waals surface area contributed by atoms with Gasteiger partial charge in [0.05, 0.1) is 5.54 Å². The number of nitrogens with zero attached hydrogens (tertiary/aromatic N) is 2. The van der Waals surface area contributed by atoms with Crippen LogP contribution in [0.5, 0.6) is 5.75 Å². The lowest BCUT2D eigenvalue weighted by atomic mass is 9.79. The standard InChI is InChI=1S/C22H21F2N3O4/c23-14-4-3-13(16(24)6-14)8-25-20(30)15-10-26-11-22-5-1-2-12(7-22)9-27(22)21(31)17(26)19(29)18(15)28/h3-4,6,10,12,29H,1-2,5,7-9,11H2,(H,25,30)/t12-,22-/m1/s1. The fourth-order valence-electron chi connectivity index (χ4n) is 5.38. The number of nitrogens with one attached hydrogen (secondary N) is 1. The van der Waals surface area contributed by atoms with Crippen molar-refractivity contribution in [1.82, 2.24) is 14.8 Å². The van der Waals surface area contributed by atoms with Crippen LogP contribution >= 0.6 is 0 Å². The molecule has 9 heteroatoms. The molecular weight excluding hydrogens is 408 g/mol. The molecule has 31 heavy (non-hydrogen) atoms. The van der Waals surface area contributed by atoms with E-state index in [0.717, 1.165) is 31.7 Å². The van der Waals surface area contributed by atoms with E-state index in [1.165, 1.54) is 16.8 Å². The van der Waals surface area contributed by atoms with Crippen LogP contribution in [0.4, 0.5) is 8.78 Å². The van der Waals surface area contributed by atoms with Gasteiger partial charge in [0.1, 0.15) is 17.2 Å². The van der Waals surface area contributed by atoms with Crippen molar-refractivity contribution in [2.24, 2.45) is 5.92 Å². The molecule has 1 saturated heterocycles. The smallest absolute Gasteiger partial charge is 0.275 e. The highest BCUT2D eigenvalue weighted by atomic mass is 19.1. The third-order valence-electron chi connectivity index (χ3n) is 6.80. The van der Waals surface area contributed by atoms with Gasteiger partial charge in [-0.3, -0.25) is 14.4 Å². The second-order valence-corrected chi connectivity index (χ2v) is 8.72. The van der Waals surface area contributed by atoms with Gasteiger partial charge in [-0.2, -0.15) is 0 Å². The van der Waals surface area contributed by atoms with E-state index in [1.807, 2.05) is 0 Å². The molecule has 1 aromatic carbocycles. The van der Waals surface area contributed by atoms with Gasteiger partial charge in [-0.05, 0) is 31.2 Å². The molecule has 2 amide bonds. The Morgan fingerprint density at radius 2 is 2.10 bits per heavy atom. The van der Waals surface area contributed by atoms with Crippen LogP contribution in [0.1, 0.15) is 52.1 Å². The van der Waals surface area contributed by atoms with Gasteiger partial charge < -0.3 is 19.9 Å². The molecule has 2 atom stereocenters. The van der Waals surface area contributed by atoms with Crippen molar-refractivity contribution in [2.45, 2.75) is 44.3 Å². The molecule has 1 aromatic heterocycles. The minimum absolute atomic E-state index is 0.0564. The third-order valence-corrected chi connectivity index (χ3v) is 6.80. The second kappa shape index (κ2) is 6.90. The number of pyridine rings is 1. The molecule has 7 nitrogen and oxygen atoms in total. The summed E-state index contributed by atoms with van der Waals surface area (Å²) in [6.07, 6.45) is 5.08. The van der Waals surface area contributed by atoms with E-state index in [4.69, 9.17) is 0 Å². The Kier molecular flexibility index (Phi) is 4.39. The fraction of sp³-hybridized carbons (Fsp3) is 0.409. The van der Waals surface area contributed by atoms with Crippen LogP contribution < -0.4 is 10.7 Å². The molecule has 162 valence electrons. The molecule has 1 spiro atoms. The number of hydrogen-bond acceptors (Lipinski definition) is 4. The Labute approximate surface area is 176 Å². The minimum Gasteiger partial charge on any atom is -0.503 e. The zero-order valence-electron chi connectivity index (χ0n) is 16.7. The summed E-state index contributed by atoms with van der Waals surface area (Å²) in [7, 11) is 0. The predicted molar refractivity (Wildman–Crippen MR) is 106 cm³/mol. The zero-order valence-corrected chi connectivity index (χ0v) is 16.7. The Morgan fingerprint density at radius 1 is 1.29 bits per heavy atom. The Morgan fingerprint density at radius 3 is 2.87 bits per heavy atom. The van der Waals surface area contributed by atoms with Gasteiger partial charge in [-0.1, -0.05) is 12.5 Å². The molecule has 5 rings (SSSR count). The van der Waals surface area contributed by atoms with E-state index in [-0.39, 0.29) is 34.8 Å². The maximum atomic E-state index is 13.8. The number of hydrogen-bond donors (Lipinski definition) is 2. The number of halogens is 2. The maximum absolute atomic E-state index is 13.8. The summed E-state index contributed by atoms with van der Waals surface area (Å²) in [5.41, 5.74) is -1.66. The monoisotopic (exact) mass is 429 g/mol. The van der Waals surface area contributed by atoms with Gasteiger partial charge in [-0.25, -0.2) is 8.78 Å². The molecule has 2 bridgehead atoms. The fourth-order valence-corrected chi connectivity index (χ4v) is 5.38. The maximum Gasteiger partial charge on any atom is 0.275 e. The van der Waals surface area contributed by atoms with Gasteiger partial charge in [-0.15, -0.1) is 0 Å². The highest BCUT2D eigenvalue weighted by Gasteiger charge is 2.53.